The van der Waals surface area contributed by atoms with Crippen LogP contribution >= 0.6 is 11.8 Å². The number of halogens is 1. The smallest absolute Gasteiger partial charge is 0.423 e. The third-order valence-corrected chi connectivity index (χ3v) is 2.63. The van der Waals surface area contributed by atoms with Gasteiger partial charge in [0.25, 0.3) is 0 Å². The predicted molar refractivity (Wildman–Crippen MR) is 52.7 cm³/mol. The largest absolute Gasteiger partial charge is 0.489 e. The molecule has 2 nitrogen and oxygen atoms in total. The molecule has 0 fully saturated rings. The zero-order chi connectivity index (χ0) is 10.0. The molecule has 5 heteroatoms. The summed E-state index contributed by atoms with van der Waals surface area (Å²) in [5.41, 5.74) is 0.726. The van der Waals surface area contributed by atoms with Crippen molar-refractivity contribution in [2.75, 3.05) is 6.26 Å². The SMILES string of the molecule is CSc1c(B(O)O)ccc(C)c1F. The quantitative estimate of drug-likeness (QED) is 0.540. The van der Waals surface area contributed by atoms with E-state index < -0.39 is 7.12 Å². The lowest BCUT2D eigenvalue weighted by molar-refractivity contribution is 0.424. The summed E-state index contributed by atoms with van der Waals surface area (Å²) in [7, 11) is -1.61. The number of rotatable bonds is 2. The molecule has 0 atom stereocenters. The van der Waals surface area contributed by atoms with Crippen LogP contribution in [0.2, 0.25) is 0 Å². The number of hydrogen-bond donors (Lipinski definition) is 2. The van der Waals surface area contributed by atoms with E-state index in [1.807, 2.05) is 0 Å². The van der Waals surface area contributed by atoms with E-state index in [0.29, 0.717) is 10.5 Å². The van der Waals surface area contributed by atoms with Crippen molar-refractivity contribution in [3.63, 3.8) is 0 Å². The number of thioether (sulfide) groups is 1. The summed E-state index contributed by atoms with van der Waals surface area (Å²) in [6, 6.07) is 3.05. The lowest BCUT2D eigenvalue weighted by atomic mass is 9.80. The Morgan fingerprint density at radius 2 is 2.00 bits per heavy atom. The monoisotopic (exact) mass is 200 g/mol. The van der Waals surface area contributed by atoms with Crippen LogP contribution in [0.5, 0.6) is 0 Å². The standard InChI is InChI=1S/C8H10BFO2S/c1-5-3-4-6(9(11)12)8(13-2)7(5)10/h3-4,11-12H,1-2H3. The van der Waals surface area contributed by atoms with Crippen LogP contribution in [-0.4, -0.2) is 23.4 Å². The minimum atomic E-state index is -1.61. The van der Waals surface area contributed by atoms with Crippen LogP contribution in [0.4, 0.5) is 4.39 Å². The van der Waals surface area contributed by atoms with Gasteiger partial charge in [-0.05, 0) is 24.2 Å². The first kappa shape index (κ1) is 10.6. The second kappa shape index (κ2) is 4.13. The Kier molecular flexibility index (Phi) is 3.36. The highest BCUT2D eigenvalue weighted by Crippen LogP contribution is 2.19. The van der Waals surface area contributed by atoms with Gasteiger partial charge in [0.1, 0.15) is 5.82 Å². The Balaban J connectivity index is 3.30. The van der Waals surface area contributed by atoms with Gasteiger partial charge in [0.05, 0.1) is 0 Å². The Morgan fingerprint density at radius 3 is 2.46 bits per heavy atom. The molecule has 0 aliphatic heterocycles. The van der Waals surface area contributed by atoms with Crippen LogP contribution in [0, 0.1) is 12.7 Å². The van der Waals surface area contributed by atoms with Crippen LogP contribution < -0.4 is 5.46 Å². The maximum atomic E-state index is 13.4. The van der Waals surface area contributed by atoms with Gasteiger partial charge in [-0.2, -0.15) is 0 Å². The van der Waals surface area contributed by atoms with Crippen molar-refractivity contribution in [2.24, 2.45) is 0 Å². The molecule has 0 bridgehead atoms. The Labute approximate surface area is 80.9 Å². The summed E-state index contributed by atoms with van der Waals surface area (Å²) in [6.07, 6.45) is 1.70. The first-order valence-electron chi connectivity index (χ1n) is 3.77. The van der Waals surface area contributed by atoms with E-state index in [9.17, 15) is 4.39 Å². The molecule has 0 radical (unpaired) electrons. The second-order valence-corrected chi connectivity index (χ2v) is 3.51. The topological polar surface area (TPSA) is 40.5 Å². The van der Waals surface area contributed by atoms with E-state index >= 15 is 0 Å². The van der Waals surface area contributed by atoms with Gasteiger partial charge in [0, 0.05) is 4.90 Å². The van der Waals surface area contributed by atoms with E-state index in [1.165, 1.54) is 23.9 Å². The maximum Gasteiger partial charge on any atom is 0.489 e. The van der Waals surface area contributed by atoms with Crippen molar-refractivity contribution in [1.29, 1.82) is 0 Å². The van der Waals surface area contributed by atoms with E-state index in [-0.39, 0.29) is 11.3 Å². The molecule has 0 saturated heterocycles. The molecule has 0 aliphatic rings. The van der Waals surface area contributed by atoms with E-state index in [2.05, 4.69) is 0 Å². The minimum absolute atomic E-state index is 0.218. The normalized spacial score (nSPS) is 10.2. The number of aryl methyl sites for hydroxylation is 1. The van der Waals surface area contributed by atoms with Gasteiger partial charge < -0.3 is 10.0 Å². The van der Waals surface area contributed by atoms with Gasteiger partial charge in [-0.15, -0.1) is 11.8 Å². The second-order valence-electron chi connectivity index (χ2n) is 2.69. The molecule has 0 spiro atoms. The Bertz CT molecular complexity index is 317. The summed E-state index contributed by atoms with van der Waals surface area (Å²) in [6.45, 7) is 1.64. The molecule has 0 aliphatic carbocycles. The van der Waals surface area contributed by atoms with Crippen LogP contribution in [0.1, 0.15) is 5.56 Å². The van der Waals surface area contributed by atoms with Crippen LogP contribution in [0.15, 0.2) is 17.0 Å². The summed E-state index contributed by atoms with van der Waals surface area (Å²) in [4.78, 5) is 0.301. The summed E-state index contributed by atoms with van der Waals surface area (Å²) in [5.74, 6) is -0.377. The van der Waals surface area contributed by atoms with Crippen LogP contribution in [0.25, 0.3) is 0 Å². The summed E-state index contributed by atoms with van der Waals surface area (Å²) in [5, 5.41) is 17.9. The fraction of sp³-hybridized carbons (Fsp3) is 0.250. The Morgan fingerprint density at radius 1 is 1.38 bits per heavy atom. The molecule has 1 aromatic rings. The van der Waals surface area contributed by atoms with Crippen molar-refractivity contribution in [3.05, 3.63) is 23.5 Å². The molecule has 1 aromatic carbocycles. The molecule has 0 amide bonds. The molecule has 70 valence electrons. The van der Waals surface area contributed by atoms with Gasteiger partial charge in [-0.3, -0.25) is 0 Å². The molecule has 2 N–H and O–H groups in total. The third kappa shape index (κ3) is 2.04. The van der Waals surface area contributed by atoms with Gasteiger partial charge >= 0.3 is 7.12 Å². The average molecular weight is 200 g/mol. The van der Waals surface area contributed by atoms with Gasteiger partial charge in [-0.1, -0.05) is 12.1 Å². The predicted octanol–water partition coefficient (Wildman–Crippen LogP) is 0.536. The zero-order valence-electron chi connectivity index (χ0n) is 7.41. The lowest BCUT2D eigenvalue weighted by Gasteiger charge is -2.08. The molecule has 0 saturated carbocycles. The van der Waals surface area contributed by atoms with Crippen molar-refractivity contribution in [3.8, 4) is 0 Å². The summed E-state index contributed by atoms with van der Waals surface area (Å²) >= 11 is 1.17. The highest BCUT2D eigenvalue weighted by Gasteiger charge is 2.19. The van der Waals surface area contributed by atoms with E-state index in [0.717, 1.165) is 0 Å². The maximum absolute atomic E-state index is 13.4. The minimum Gasteiger partial charge on any atom is -0.423 e. The van der Waals surface area contributed by atoms with Gasteiger partial charge in [0.2, 0.25) is 0 Å². The average Bonchev–Trinajstić information content (AvgIpc) is 2.09. The molecule has 1 rings (SSSR count). The molecular formula is C8H10BFO2S. The van der Waals surface area contributed by atoms with Crippen molar-refractivity contribution in [1.82, 2.24) is 0 Å². The molecule has 0 unspecified atom stereocenters. The molecule has 13 heavy (non-hydrogen) atoms. The number of benzene rings is 1. The zero-order valence-corrected chi connectivity index (χ0v) is 8.23. The van der Waals surface area contributed by atoms with Crippen LogP contribution in [-0.2, 0) is 0 Å². The summed E-state index contributed by atoms with van der Waals surface area (Å²) < 4.78 is 13.4. The van der Waals surface area contributed by atoms with Gasteiger partial charge in [-0.25, -0.2) is 4.39 Å². The van der Waals surface area contributed by atoms with Crippen molar-refractivity contribution < 1.29 is 14.4 Å². The fourth-order valence-electron chi connectivity index (χ4n) is 1.08. The highest BCUT2D eigenvalue weighted by atomic mass is 32.2. The number of hydrogen-bond acceptors (Lipinski definition) is 3. The molecular weight excluding hydrogens is 190 g/mol. The van der Waals surface area contributed by atoms with E-state index in [4.69, 9.17) is 10.0 Å². The highest BCUT2D eigenvalue weighted by molar-refractivity contribution is 7.98. The van der Waals surface area contributed by atoms with E-state index in [1.54, 1.807) is 13.2 Å². The first-order valence-corrected chi connectivity index (χ1v) is 4.99. The molecule has 0 aromatic heterocycles. The third-order valence-electron chi connectivity index (χ3n) is 1.80. The van der Waals surface area contributed by atoms with Crippen molar-refractivity contribution >= 4 is 24.3 Å². The Hall–Kier alpha value is -0.515. The van der Waals surface area contributed by atoms with Gasteiger partial charge in [0.15, 0.2) is 0 Å². The van der Waals surface area contributed by atoms with Crippen molar-refractivity contribution in [2.45, 2.75) is 11.8 Å². The molecule has 0 heterocycles. The fourth-order valence-corrected chi connectivity index (χ4v) is 1.83. The van der Waals surface area contributed by atoms with Crippen LogP contribution in [0.3, 0.4) is 0 Å². The first-order chi connectivity index (χ1) is 6.07. The lowest BCUT2D eigenvalue weighted by Crippen LogP contribution is -2.32.